The Morgan fingerprint density at radius 1 is 1.03 bits per heavy atom. The Hall–Kier alpha value is -2.45. The first-order valence-corrected chi connectivity index (χ1v) is 12.0. The largest absolute Gasteiger partial charge is 0.394 e. The van der Waals surface area contributed by atoms with Crippen molar-refractivity contribution in [2.45, 2.75) is 23.6 Å². The van der Waals surface area contributed by atoms with Crippen molar-refractivity contribution >= 4 is 69.5 Å². The monoisotopic (exact) mass is 574 g/mol. The third kappa shape index (κ3) is 4.90. The molecule has 0 heterocycles. The van der Waals surface area contributed by atoms with E-state index in [1.165, 1.54) is 18.2 Å². The second kappa shape index (κ2) is 9.78. The van der Waals surface area contributed by atoms with Crippen LogP contribution in [0.4, 0.5) is 24.5 Å². The van der Waals surface area contributed by atoms with Gasteiger partial charge in [0.2, 0.25) is 5.91 Å². The minimum Gasteiger partial charge on any atom is -0.394 e. The van der Waals surface area contributed by atoms with Crippen LogP contribution in [0.5, 0.6) is 0 Å². The molecule has 1 amide bonds. The number of nitrogen functional groups attached to an aromatic ring is 1. The summed E-state index contributed by atoms with van der Waals surface area (Å²) in [6, 6.07) is 8.95. The van der Waals surface area contributed by atoms with Crippen molar-refractivity contribution in [3.63, 3.8) is 0 Å². The highest BCUT2D eigenvalue weighted by atomic mass is 35.5. The summed E-state index contributed by atoms with van der Waals surface area (Å²) in [4.78, 5) is 25.9. The number of rotatable bonds is 6. The molecule has 1 aliphatic rings. The average molecular weight is 576 g/mol. The predicted octanol–water partition coefficient (Wildman–Crippen LogP) is 7.25. The first kappa shape index (κ1) is 26.6. The fourth-order valence-electron chi connectivity index (χ4n) is 4.06. The average Bonchev–Trinajstić information content (AvgIpc) is 3.40. The summed E-state index contributed by atoms with van der Waals surface area (Å²) in [5.41, 5.74) is 5.81. The van der Waals surface area contributed by atoms with Gasteiger partial charge in [-0.3, -0.25) is 9.59 Å². The van der Waals surface area contributed by atoms with Gasteiger partial charge in [0.15, 0.2) is 11.6 Å². The lowest BCUT2D eigenvalue weighted by atomic mass is 9.99. The number of halogens is 7. The van der Waals surface area contributed by atoms with E-state index in [9.17, 15) is 22.8 Å². The minimum absolute atomic E-state index is 0.0231. The Kier molecular flexibility index (Phi) is 7.23. The fraction of sp³-hybridized carbons (Fsp3) is 0.200. The number of ketones is 1. The van der Waals surface area contributed by atoms with Gasteiger partial charge >= 0.3 is 0 Å². The van der Waals surface area contributed by atoms with Gasteiger partial charge in [-0.05, 0) is 53.9 Å². The van der Waals surface area contributed by atoms with Crippen LogP contribution in [0.25, 0.3) is 0 Å². The van der Waals surface area contributed by atoms with Gasteiger partial charge in [-0.1, -0.05) is 35.3 Å². The first-order valence-electron chi connectivity index (χ1n) is 10.5. The number of Topliss-reactive ketones (excluding diaryl/α,β-unsaturated/α-hetero) is 1. The molecule has 0 spiro atoms. The van der Waals surface area contributed by atoms with Gasteiger partial charge in [-0.25, -0.2) is 13.2 Å². The molecule has 4 rings (SSSR count). The number of alkyl halides is 2. The van der Waals surface area contributed by atoms with E-state index in [1.807, 2.05) is 0 Å². The molecule has 0 radical (unpaired) electrons. The third-order valence-electron chi connectivity index (χ3n) is 6.02. The van der Waals surface area contributed by atoms with Crippen LogP contribution >= 0.6 is 46.4 Å². The van der Waals surface area contributed by atoms with Crippen LogP contribution in [0, 0.1) is 30.3 Å². The third-order valence-corrected chi connectivity index (χ3v) is 7.75. The normalized spacial score (nSPS) is 18.1. The molecule has 2 unspecified atom stereocenters. The molecule has 0 aliphatic heterocycles. The van der Waals surface area contributed by atoms with Crippen molar-refractivity contribution in [1.29, 1.82) is 0 Å². The Bertz CT molecular complexity index is 1410. The van der Waals surface area contributed by atoms with E-state index in [4.69, 9.17) is 52.1 Å². The Morgan fingerprint density at radius 2 is 1.69 bits per heavy atom. The molecule has 11 heteroatoms. The highest BCUT2D eigenvalue weighted by Gasteiger charge is 2.67. The summed E-state index contributed by atoms with van der Waals surface area (Å²) >= 11 is 24.9. The minimum atomic E-state index is -1.45. The fourth-order valence-corrected chi connectivity index (χ4v) is 5.29. The van der Waals surface area contributed by atoms with Crippen LogP contribution in [0.3, 0.4) is 0 Å². The molecule has 3 aromatic carbocycles. The van der Waals surface area contributed by atoms with Gasteiger partial charge < -0.3 is 11.1 Å². The molecule has 36 heavy (non-hydrogen) atoms. The summed E-state index contributed by atoms with van der Waals surface area (Å²) in [7, 11) is 0. The topological polar surface area (TPSA) is 72.2 Å². The zero-order valence-corrected chi connectivity index (χ0v) is 21.5. The smallest absolute Gasteiger partial charge is 0.231 e. The lowest BCUT2D eigenvalue weighted by molar-refractivity contribution is -0.117. The lowest BCUT2D eigenvalue weighted by Gasteiger charge is -2.12. The summed E-state index contributed by atoms with van der Waals surface area (Å²) in [6.45, 7) is 1.62. The molecule has 0 aromatic heterocycles. The maximum atomic E-state index is 14.3. The van der Waals surface area contributed by atoms with Crippen LogP contribution in [0.1, 0.15) is 33.0 Å². The molecule has 3 aromatic rings. The molecule has 0 bridgehead atoms. The number of anilines is 2. The van der Waals surface area contributed by atoms with Gasteiger partial charge in [-0.15, -0.1) is 23.2 Å². The molecular formula is C25H17Cl4F3N2O2. The van der Waals surface area contributed by atoms with Crippen molar-refractivity contribution in [3.8, 4) is 0 Å². The second-order valence-electron chi connectivity index (χ2n) is 8.48. The van der Waals surface area contributed by atoms with Gasteiger partial charge in [0.05, 0.1) is 16.0 Å². The number of amides is 1. The number of hydrogen-bond acceptors (Lipinski definition) is 3. The molecule has 2 atom stereocenters. The zero-order valence-electron chi connectivity index (χ0n) is 18.4. The van der Waals surface area contributed by atoms with Gasteiger partial charge in [0.1, 0.15) is 21.7 Å². The highest BCUT2D eigenvalue weighted by molar-refractivity contribution is 6.53. The van der Waals surface area contributed by atoms with Crippen LogP contribution < -0.4 is 11.1 Å². The molecule has 1 saturated carbocycles. The number of carbonyl (C=O) groups is 2. The van der Waals surface area contributed by atoms with Crippen LogP contribution in [0.15, 0.2) is 42.5 Å². The van der Waals surface area contributed by atoms with E-state index < -0.39 is 57.4 Å². The molecule has 1 fully saturated rings. The first-order chi connectivity index (χ1) is 16.8. The molecule has 188 valence electrons. The molecule has 1 aliphatic carbocycles. The number of benzene rings is 3. The van der Waals surface area contributed by atoms with Gasteiger partial charge in [-0.2, -0.15) is 0 Å². The van der Waals surface area contributed by atoms with E-state index in [1.54, 1.807) is 13.0 Å². The summed E-state index contributed by atoms with van der Waals surface area (Å²) in [6.07, 6.45) is -0.435. The van der Waals surface area contributed by atoms with Crippen LogP contribution in [0.2, 0.25) is 10.0 Å². The van der Waals surface area contributed by atoms with Gasteiger partial charge in [0, 0.05) is 23.6 Å². The summed E-state index contributed by atoms with van der Waals surface area (Å²) in [5, 5.41) is 2.66. The number of aryl methyl sites for hydroxylation is 1. The summed E-state index contributed by atoms with van der Waals surface area (Å²) in [5.74, 6) is -5.20. The van der Waals surface area contributed by atoms with Gasteiger partial charge in [0.25, 0.3) is 0 Å². The van der Waals surface area contributed by atoms with Crippen molar-refractivity contribution < 1.29 is 22.8 Å². The van der Waals surface area contributed by atoms with E-state index in [0.717, 1.165) is 18.2 Å². The number of carbonyl (C=O) groups excluding carboxylic acids is 2. The summed E-state index contributed by atoms with van der Waals surface area (Å²) < 4.78 is 39.8. The van der Waals surface area contributed by atoms with Crippen LogP contribution in [-0.4, -0.2) is 16.0 Å². The van der Waals surface area contributed by atoms with E-state index in [0.29, 0.717) is 11.1 Å². The number of hydrogen-bond donors (Lipinski definition) is 2. The number of nitrogens with two attached hydrogens (primary N) is 1. The molecular weight excluding hydrogens is 559 g/mol. The van der Waals surface area contributed by atoms with E-state index >= 15 is 0 Å². The molecule has 3 N–H and O–H groups in total. The maximum Gasteiger partial charge on any atom is 0.231 e. The lowest BCUT2D eigenvalue weighted by Crippen LogP contribution is -2.18. The van der Waals surface area contributed by atoms with Crippen molar-refractivity contribution in [2.24, 2.45) is 5.92 Å². The Balaban J connectivity index is 1.56. The predicted molar refractivity (Wildman–Crippen MR) is 136 cm³/mol. The van der Waals surface area contributed by atoms with Crippen LogP contribution in [-0.2, 0) is 11.2 Å². The quantitative estimate of drug-likeness (QED) is 0.185. The van der Waals surface area contributed by atoms with Crippen molar-refractivity contribution in [1.82, 2.24) is 0 Å². The SMILES string of the molecule is Cc1cc(NC(=O)C2C(c3ccc(F)c(Cl)c3)C2(Cl)Cl)cc(C(=O)Cc2ccc(F)c(N)c2F)c1Cl. The Morgan fingerprint density at radius 3 is 2.36 bits per heavy atom. The number of nitrogens with one attached hydrogen (secondary N) is 1. The van der Waals surface area contributed by atoms with E-state index in [-0.39, 0.29) is 26.9 Å². The molecule has 0 saturated heterocycles. The zero-order chi connectivity index (χ0) is 26.5. The second-order valence-corrected chi connectivity index (χ2v) is 10.7. The molecule has 4 nitrogen and oxygen atoms in total. The van der Waals surface area contributed by atoms with Crippen molar-refractivity contribution in [3.05, 3.63) is 92.2 Å². The van der Waals surface area contributed by atoms with Crippen molar-refractivity contribution in [2.75, 3.05) is 11.1 Å². The van der Waals surface area contributed by atoms with E-state index in [2.05, 4.69) is 5.32 Å². The maximum absolute atomic E-state index is 14.3. The Labute approximate surface area is 224 Å². The standard InChI is InChI=1S/C25H17Cl4F3N2O2/c1-10-6-13(9-14(21(10)27)18(35)8-12-3-5-17(31)23(33)22(12)32)34-24(36)20-19(25(20,28)29)11-2-4-16(30)15(26)7-11/h2-7,9,19-20H,8,33H2,1H3,(H,34,36). The highest BCUT2D eigenvalue weighted by Crippen LogP contribution is 2.65.